The van der Waals surface area contributed by atoms with Crippen LogP contribution in [0.4, 0.5) is 5.95 Å². The third-order valence-corrected chi connectivity index (χ3v) is 7.72. The number of nitrogens with one attached hydrogen (secondary N) is 1. The maximum atomic E-state index is 13.6. The molecule has 40 heavy (non-hydrogen) atoms. The lowest BCUT2D eigenvalue weighted by Gasteiger charge is -2.28. The molecule has 4 aromatic rings. The molecule has 6 rings (SSSR count). The van der Waals surface area contributed by atoms with Gasteiger partial charge in [0.25, 0.3) is 5.91 Å². The van der Waals surface area contributed by atoms with E-state index in [4.69, 9.17) is 9.72 Å². The SMILES string of the molecule is Cn1cc(-c2cc(C(=O)Nc3nc4cc(CN5CCOCC5)ccc4n3C3CCC(O)CC3)cc(C#N)n2)cn1. The van der Waals surface area contributed by atoms with Gasteiger partial charge in [0.1, 0.15) is 11.8 Å². The lowest BCUT2D eigenvalue weighted by Crippen LogP contribution is -2.35. The Morgan fingerprint density at radius 1 is 1.15 bits per heavy atom. The normalized spacial score (nSPS) is 19.9. The lowest BCUT2D eigenvalue weighted by atomic mass is 9.93. The molecule has 11 nitrogen and oxygen atoms in total. The monoisotopic (exact) mass is 540 g/mol. The van der Waals surface area contributed by atoms with Gasteiger partial charge in [0, 0.05) is 50.0 Å². The van der Waals surface area contributed by atoms with Crippen molar-refractivity contribution in [2.24, 2.45) is 7.05 Å². The Hall–Kier alpha value is -4.11. The molecule has 0 radical (unpaired) electrons. The molecule has 2 aliphatic rings. The highest BCUT2D eigenvalue weighted by Crippen LogP contribution is 2.35. The first kappa shape index (κ1) is 26.1. The number of anilines is 1. The molecule has 3 aromatic heterocycles. The second-order valence-electron chi connectivity index (χ2n) is 10.6. The largest absolute Gasteiger partial charge is 0.393 e. The number of amides is 1. The number of rotatable bonds is 6. The van der Waals surface area contributed by atoms with E-state index in [0.717, 1.165) is 67.8 Å². The number of fused-ring (bicyclic) bond motifs is 1. The van der Waals surface area contributed by atoms with Gasteiger partial charge in [0.2, 0.25) is 5.95 Å². The zero-order valence-electron chi connectivity index (χ0n) is 22.5. The summed E-state index contributed by atoms with van der Waals surface area (Å²) in [5.74, 6) is 0.0909. The number of aliphatic hydroxyl groups excluding tert-OH is 1. The molecule has 2 fully saturated rings. The van der Waals surface area contributed by atoms with Crippen LogP contribution in [0, 0.1) is 11.3 Å². The highest BCUT2D eigenvalue weighted by molar-refractivity contribution is 6.05. The van der Waals surface area contributed by atoms with E-state index in [1.54, 1.807) is 30.2 Å². The van der Waals surface area contributed by atoms with E-state index in [-0.39, 0.29) is 23.7 Å². The quantitative estimate of drug-likeness (QED) is 0.381. The number of ether oxygens (including phenoxy) is 1. The first-order valence-electron chi connectivity index (χ1n) is 13.7. The highest BCUT2D eigenvalue weighted by Gasteiger charge is 2.26. The Balaban J connectivity index is 1.34. The molecule has 0 spiro atoms. The van der Waals surface area contributed by atoms with Gasteiger partial charge in [0.15, 0.2) is 0 Å². The van der Waals surface area contributed by atoms with Gasteiger partial charge in [-0.15, -0.1) is 0 Å². The predicted molar refractivity (Wildman–Crippen MR) is 148 cm³/mol. The van der Waals surface area contributed by atoms with Gasteiger partial charge < -0.3 is 14.4 Å². The molecule has 0 bridgehead atoms. The second kappa shape index (κ2) is 11.2. The number of aromatic nitrogens is 5. The first-order chi connectivity index (χ1) is 19.5. The standard InChI is InChI=1S/C29H32N8O3/c1-35-18-21(16-31-35)25-14-20(13-22(15-30)32-25)28(39)34-29-33-26-12-19(17-36-8-10-40-11-9-36)2-7-27(26)37(29)23-3-5-24(38)6-4-23/h2,7,12-14,16,18,23-24,38H,3-6,8-11,17H2,1H3,(H,33,34,39). The fraction of sp³-hybridized carbons (Fsp3) is 0.414. The van der Waals surface area contributed by atoms with E-state index < -0.39 is 0 Å². The Morgan fingerprint density at radius 2 is 1.95 bits per heavy atom. The number of hydrogen-bond acceptors (Lipinski definition) is 8. The van der Waals surface area contributed by atoms with Gasteiger partial charge in [-0.1, -0.05) is 6.07 Å². The average Bonchev–Trinajstić information content (AvgIpc) is 3.56. The summed E-state index contributed by atoms with van der Waals surface area (Å²) in [5.41, 5.74) is 4.60. The van der Waals surface area contributed by atoms with Crippen molar-refractivity contribution in [1.29, 1.82) is 5.26 Å². The predicted octanol–water partition coefficient (Wildman–Crippen LogP) is 3.26. The number of carbonyl (C=O) groups excluding carboxylic acids is 1. The van der Waals surface area contributed by atoms with Crippen LogP contribution in [0.5, 0.6) is 0 Å². The molecular formula is C29H32N8O3. The third-order valence-electron chi connectivity index (χ3n) is 7.72. The van der Waals surface area contributed by atoms with Crippen LogP contribution < -0.4 is 5.32 Å². The minimum atomic E-state index is -0.370. The van der Waals surface area contributed by atoms with Crippen molar-refractivity contribution < 1.29 is 14.6 Å². The fourth-order valence-electron chi connectivity index (χ4n) is 5.63. The molecule has 1 aliphatic heterocycles. The topological polar surface area (TPSA) is 134 Å². The zero-order chi connectivity index (χ0) is 27.6. The number of nitrogens with zero attached hydrogens (tertiary/aromatic N) is 7. The first-order valence-corrected chi connectivity index (χ1v) is 13.7. The van der Waals surface area contributed by atoms with Crippen LogP contribution in [-0.4, -0.2) is 72.6 Å². The molecule has 1 aliphatic carbocycles. The van der Waals surface area contributed by atoms with Crippen LogP contribution in [0.15, 0.2) is 42.7 Å². The van der Waals surface area contributed by atoms with Gasteiger partial charge in [-0.05, 0) is 55.5 Å². The highest BCUT2D eigenvalue weighted by atomic mass is 16.5. The van der Waals surface area contributed by atoms with E-state index in [9.17, 15) is 15.2 Å². The van der Waals surface area contributed by atoms with E-state index in [2.05, 4.69) is 49.1 Å². The Labute approximate surface area is 232 Å². The summed E-state index contributed by atoms with van der Waals surface area (Å²) in [5, 5.41) is 26.9. The maximum Gasteiger partial charge on any atom is 0.258 e. The molecular weight excluding hydrogens is 508 g/mol. The Morgan fingerprint density at radius 3 is 2.67 bits per heavy atom. The molecule has 0 atom stereocenters. The molecule has 206 valence electrons. The van der Waals surface area contributed by atoms with Crippen molar-refractivity contribution in [2.75, 3.05) is 31.6 Å². The van der Waals surface area contributed by atoms with Gasteiger partial charge in [-0.25, -0.2) is 9.97 Å². The molecule has 4 heterocycles. The van der Waals surface area contributed by atoms with Crippen molar-refractivity contribution in [2.45, 2.75) is 44.4 Å². The number of nitriles is 1. The number of pyridine rings is 1. The Kier molecular flexibility index (Phi) is 7.30. The van der Waals surface area contributed by atoms with Crippen molar-refractivity contribution in [3.8, 4) is 17.3 Å². The molecule has 1 amide bonds. The van der Waals surface area contributed by atoms with Crippen LogP contribution in [0.25, 0.3) is 22.3 Å². The van der Waals surface area contributed by atoms with Crippen molar-refractivity contribution in [3.05, 3.63) is 59.5 Å². The maximum absolute atomic E-state index is 13.6. The number of benzene rings is 1. The van der Waals surface area contributed by atoms with Crippen LogP contribution in [0.3, 0.4) is 0 Å². The summed E-state index contributed by atoms with van der Waals surface area (Å²) in [6.07, 6.45) is 6.15. The van der Waals surface area contributed by atoms with Crippen LogP contribution in [-0.2, 0) is 18.3 Å². The zero-order valence-corrected chi connectivity index (χ0v) is 22.5. The van der Waals surface area contributed by atoms with E-state index in [1.807, 2.05) is 0 Å². The number of aryl methyl sites for hydroxylation is 1. The van der Waals surface area contributed by atoms with Crippen molar-refractivity contribution in [1.82, 2.24) is 29.2 Å². The fourth-order valence-corrected chi connectivity index (χ4v) is 5.63. The number of carbonyl (C=O) groups is 1. The Bertz CT molecular complexity index is 1570. The number of aliphatic hydroxyl groups is 1. The smallest absolute Gasteiger partial charge is 0.258 e. The van der Waals surface area contributed by atoms with Crippen LogP contribution in [0.2, 0.25) is 0 Å². The second-order valence-corrected chi connectivity index (χ2v) is 10.6. The number of hydrogen-bond donors (Lipinski definition) is 2. The molecule has 2 N–H and O–H groups in total. The average molecular weight is 541 g/mol. The van der Waals surface area contributed by atoms with E-state index in [0.29, 0.717) is 30.0 Å². The van der Waals surface area contributed by atoms with Gasteiger partial charge in [-0.3, -0.25) is 19.7 Å². The van der Waals surface area contributed by atoms with Crippen LogP contribution in [0.1, 0.15) is 53.3 Å². The van der Waals surface area contributed by atoms with Crippen molar-refractivity contribution >= 4 is 22.9 Å². The van der Waals surface area contributed by atoms with E-state index in [1.165, 1.54) is 6.07 Å². The summed E-state index contributed by atoms with van der Waals surface area (Å²) < 4.78 is 9.23. The summed E-state index contributed by atoms with van der Waals surface area (Å²) in [6.45, 7) is 4.09. The summed E-state index contributed by atoms with van der Waals surface area (Å²) in [4.78, 5) is 25.2. The van der Waals surface area contributed by atoms with Crippen LogP contribution >= 0.6 is 0 Å². The molecule has 1 aromatic carbocycles. The molecule has 1 saturated carbocycles. The third kappa shape index (κ3) is 5.47. The summed E-state index contributed by atoms with van der Waals surface area (Å²) >= 11 is 0. The van der Waals surface area contributed by atoms with Gasteiger partial charge in [-0.2, -0.15) is 10.4 Å². The number of morpholine rings is 1. The number of imidazole rings is 1. The molecule has 1 saturated heterocycles. The summed E-state index contributed by atoms with van der Waals surface area (Å²) in [6, 6.07) is 11.6. The van der Waals surface area contributed by atoms with E-state index >= 15 is 0 Å². The van der Waals surface area contributed by atoms with Crippen molar-refractivity contribution in [3.63, 3.8) is 0 Å². The van der Waals surface area contributed by atoms with Gasteiger partial charge >= 0.3 is 0 Å². The minimum absolute atomic E-state index is 0.104. The van der Waals surface area contributed by atoms with Gasteiger partial charge in [0.05, 0.1) is 42.2 Å². The summed E-state index contributed by atoms with van der Waals surface area (Å²) in [7, 11) is 1.80. The lowest BCUT2D eigenvalue weighted by molar-refractivity contribution is 0.0342. The molecule has 11 heteroatoms. The minimum Gasteiger partial charge on any atom is -0.393 e. The molecule has 0 unspecified atom stereocenters.